The van der Waals surface area contributed by atoms with E-state index in [4.69, 9.17) is 5.73 Å². The Balaban J connectivity index is 2.35. The van der Waals surface area contributed by atoms with Crippen molar-refractivity contribution in [3.8, 4) is 5.69 Å². The van der Waals surface area contributed by atoms with E-state index in [-0.39, 0.29) is 5.82 Å². The number of imidazole rings is 1. The Bertz CT molecular complexity index is 774. The van der Waals surface area contributed by atoms with Crippen molar-refractivity contribution >= 4 is 17.0 Å². The second kappa shape index (κ2) is 4.09. The molecule has 0 saturated carbocycles. The molecule has 1 aromatic heterocycles. The fraction of sp³-hybridized carbons (Fsp3) is 0.133. The largest absolute Gasteiger partial charge is 0.369 e. The van der Waals surface area contributed by atoms with E-state index < -0.39 is 0 Å². The Morgan fingerprint density at radius 1 is 1.11 bits per heavy atom. The molecule has 19 heavy (non-hydrogen) atoms. The molecule has 0 aliphatic carbocycles. The average Bonchev–Trinajstić information content (AvgIpc) is 2.70. The Kier molecular flexibility index (Phi) is 2.52. The fourth-order valence-corrected chi connectivity index (χ4v) is 2.29. The molecule has 0 spiro atoms. The lowest BCUT2D eigenvalue weighted by Gasteiger charge is -2.09. The van der Waals surface area contributed by atoms with Gasteiger partial charge < -0.3 is 5.73 Å². The molecule has 0 aliphatic rings. The highest BCUT2D eigenvalue weighted by molar-refractivity contribution is 5.83. The highest BCUT2D eigenvalue weighted by atomic mass is 19.1. The Labute approximate surface area is 110 Å². The third-order valence-corrected chi connectivity index (χ3v) is 3.32. The van der Waals surface area contributed by atoms with Gasteiger partial charge in [-0.2, -0.15) is 0 Å². The van der Waals surface area contributed by atoms with Gasteiger partial charge in [0.25, 0.3) is 0 Å². The summed E-state index contributed by atoms with van der Waals surface area (Å²) in [5.41, 5.74) is 10.1. The van der Waals surface area contributed by atoms with Crippen LogP contribution >= 0.6 is 0 Å². The summed E-state index contributed by atoms with van der Waals surface area (Å²) in [6, 6.07) is 10.9. The summed E-state index contributed by atoms with van der Waals surface area (Å²) < 4.78 is 15.5. The van der Waals surface area contributed by atoms with Crippen LogP contribution in [-0.2, 0) is 0 Å². The van der Waals surface area contributed by atoms with Gasteiger partial charge in [0, 0.05) is 0 Å². The van der Waals surface area contributed by atoms with Gasteiger partial charge in [0.15, 0.2) is 0 Å². The number of halogens is 1. The number of hydrogen-bond acceptors (Lipinski definition) is 2. The molecule has 0 saturated heterocycles. The van der Waals surface area contributed by atoms with Gasteiger partial charge in [0.1, 0.15) is 5.82 Å². The highest BCUT2D eigenvalue weighted by Gasteiger charge is 2.12. The van der Waals surface area contributed by atoms with Crippen LogP contribution in [0.15, 0.2) is 36.4 Å². The van der Waals surface area contributed by atoms with Crippen molar-refractivity contribution in [3.63, 3.8) is 0 Å². The first-order chi connectivity index (χ1) is 9.08. The van der Waals surface area contributed by atoms with Crippen molar-refractivity contribution in [2.45, 2.75) is 13.8 Å². The standard InChI is InChI=1S/C15H14FN3/c1-9-6-7-11(8-12(9)16)19-14-10(2)4-3-5-13(14)18-15(19)17/h3-8H,1-2H3,(H2,17,18). The van der Waals surface area contributed by atoms with E-state index >= 15 is 0 Å². The first-order valence-electron chi connectivity index (χ1n) is 6.08. The number of hydrogen-bond donors (Lipinski definition) is 1. The fourth-order valence-electron chi connectivity index (χ4n) is 2.29. The maximum Gasteiger partial charge on any atom is 0.205 e. The summed E-state index contributed by atoms with van der Waals surface area (Å²) in [6.45, 7) is 3.73. The number of rotatable bonds is 1. The van der Waals surface area contributed by atoms with E-state index in [1.54, 1.807) is 17.6 Å². The predicted molar refractivity (Wildman–Crippen MR) is 74.9 cm³/mol. The van der Waals surface area contributed by atoms with Gasteiger partial charge in [0.05, 0.1) is 16.7 Å². The molecule has 0 amide bonds. The van der Waals surface area contributed by atoms with Gasteiger partial charge in [-0.05, 0) is 43.2 Å². The van der Waals surface area contributed by atoms with E-state index in [0.29, 0.717) is 17.2 Å². The van der Waals surface area contributed by atoms with Crippen LogP contribution in [0.25, 0.3) is 16.7 Å². The smallest absolute Gasteiger partial charge is 0.205 e. The molecule has 2 N–H and O–H groups in total. The van der Waals surface area contributed by atoms with Crippen molar-refractivity contribution in [1.29, 1.82) is 0 Å². The van der Waals surface area contributed by atoms with Crippen molar-refractivity contribution in [2.75, 3.05) is 5.73 Å². The minimum absolute atomic E-state index is 0.243. The van der Waals surface area contributed by atoms with Crippen LogP contribution in [0.4, 0.5) is 10.3 Å². The zero-order valence-electron chi connectivity index (χ0n) is 10.8. The highest BCUT2D eigenvalue weighted by Crippen LogP contribution is 2.26. The number of nitrogens with zero attached hydrogens (tertiary/aromatic N) is 2. The zero-order chi connectivity index (χ0) is 13.6. The van der Waals surface area contributed by atoms with Crippen LogP contribution in [-0.4, -0.2) is 9.55 Å². The van der Waals surface area contributed by atoms with E-state index in [0.717, 1.165) is 16.6 Å². The molecular weight excluding hydrogens is 241 g/mol. The molecule has 1 heterocycles. The average molecular weight is 255 g/mol. The van der Waals surface area contributed by atoms with E-state index in [2.05, 4.69) is 4.98 Å². The minimum atomic E-state index is -0.243. The lowest BCUT2D eigenvalue weighted by molar-refractivity contribution is 0.617. The van der Waals surface area contributed by atoms with Crippen LogP contribution in [0.2, 0.25) is 0 Å². The van der Waals surface area contributed by atoms with Gasteiger partial charge in [-0.25, -0.2) is 9.37 Å². The SMILES string of the molecule is Cc1ccc(-n2c(N)nc3cccc(C)c32)cc1F. The van der Waals surface area contributed by atoms with E-state index in [9.17, 15) is 4.39 Å². The molecule has 96 valence electrons. The van der Waals surface area contributed by atoms with Crippen LogP contribution < -0.4 is 5.73 Å². The molecule has 0 radical (unpaired) electrons. The maximum absolute atomic E-state index is 13.7. The van der Waals surface area contributed by atoms with Gasteiger partial charge in [0.2, 0.25) is 5.95 Å². The quantitative estimate of drug-likeness (QED) is 0.724. The summed E-state index contributed by atoms with van der Waals surface area (Å²) in [6.07, 6.45) is 0. The van der Waals surface area contributed by atoms with E-state index in [1.807, 2.05) is 31.2 Å². The molecule has 0 bridgehead atoms. The molecule has 3 aromatic rings. The van der Waals surface area contributed by atoms with Crippen LogP contribution in [0, 0.1) is 19.7 Å². The third-order valence-electron chi connectivity index (χ3n) is 3.32. The maximum atomic E-state index is 13.7. The second-order valence-corrected chi connectivity index (χ2v) is 4.68. The normalized spacial score (nSPS) is 11.1. The molecule has 3 rings (SSSR count). The first-order valence-corrected chi connectivity index (χ1v) is 6.08. The zero-order valence-corrected chi connectivity index (χ0v) is 10.8. The topological polar surface area (TPSA) is 43.8 Å². The number of fused-ring (bicyclic) bond motifs is 1. The Morgan fingerprint density at radius 3 is 2.63 bits per heavy atom. The predicted octanol–water partition coefficient (Wildman–Crippen LogP) is 3.36. The number of para-hydroxylation sites is 1. The minimum Gasteiger partial charge on any atom is -0.369 e. The lowest BCUT2D eigenvalue weighted by atomic mass is 10.2. The molecule has 3 nitrogen and oxygen atoms in total. The third kappa shape index (κ3) is 1.76. The summed E-state index contributed by atoms with van der Waals surface area (Å²) >= 11 is 0. The number of anilines is 1. The molecule has 0 fully saturated rings. The first kappa shape index (κ1) is 11.7. The summed E-state index contributed by atoms with van der Waals surface area (Å²) in [5, 5.41) is 0. The summed E-state index contributed by atoms with van der Waals surface area (Å²) in [5.74, 6) is 0.125. The molecule has 0 atom stereocenters. The molecule has 2 aromatic carbocycles. The number of nitrogens with two attached hydrogens (primary N) is 1. The van der Waals surface area contributed by atoms with Crippen molar-refractivity contribution < 1.29 is 4.39 Å². The lowest BCUT2D eigenvalue weighted by Crippen LogP contribution is -2.02. The number of aryl methyl sites for hydroxylation is 2. The Hall–Kier alpha value is -2.36. The number of benzene rings is 2. The van der Waals surface area contributed by atoms with Crippen molar-refractivity contribution in [1.82, 2.24) is 9.55 Å². The van der Waals surface area contributed by atoms with Gasteiger partial charge in [-0.1, -0.05) is 18.2 Å². The molecule has 0 unspecified atom stereocenters. The van der Waals surface area contributed by atoms with Gasteiger partial charge >= 0.3 is 0 Å². The van der Waals surface area contributed by atoms with Crippen LogP contribution in [0.3, 0.4) is 0 Å². The van der Waals surface area contributed by atoms with Gasteiger partial charge in [-0.3, -0.25) is 4.57 Å². The second-order valence-electron chi connectivity index (χ2n) is 4.68. The molecule has 0 aliphatic heterocycles. The van der Waals surface area contributed by atoms with Crippen LogP contribution in [0.5, 0.6) is 0 Å². The molecular formula is C15H14FN3. The number of aromatic nitrogens is 2. The van der Waals surface area contributed by atoms with Crippen LogP contribution in [0.1, 0.15) is 11.1 Å². The molecule has 4 heteroatoms. The number of nitrogen functional groups attached to an aromatic ring is 1. The van der Waals surface area contributed by atoms with Crippen molar-refractivity contribution in [2.24, 2.45) is 0 Å². The summed E-state index contributed by atoms with van der Waals surface area (Å²) in [7, 11) is 0. The Morgan fingerprint density at radius 2 is 1.89 bits per heavy atom. The monoisotopic (exact) mass is 255 g/mol. The summed E-state index contributed by atoms with van der Waals surface area (Å²) in [4.78, 5) is 4.32. The van der Waals surface area contributed by atoms with E-state index in [1.165, 1.54) is 6.07 Å². The van der Waals surface area contributed by atoms with Crippen molar-refractivity contribution in [3.05, 3.63) is 53.3 Å². The van der Waals surface area contributed by atoms with Gasteiger partial charge in [-0.15, -0.1) is 0 Å².